The lowest BCUT2D eigenvalue weighted by Gasteiger charge is -2.03. The van der Waals surface area contributed by atoms with E-state index in [2.05, 4.69) is 15.5 Å². The van der Waals surface area contributed by atoms with E-state index in [1.807, 2.05) is 6.92 Å². The van der Waals surface area contributed by atoms with Gasteiger partial charge in [-0.05, 0) is 12.6 Å². The summed E-state index contributed by atoms with van der Waals surface area (Å²) in [6, 6.07) is 4.02. The maximum absolute atomic E-state index is 14.2. The predicted octanol–water partition coefficient (Wildman–Crippen LogP) is 1.64. The van der Waals surface area contributed by atoms with Crippen LogP contribution in [0.4, 0.5) is 10.1 Å². The van der Waals surface area contributed by atoms with Crippen molar-refractivity contribution < 1.29 is 9.31 Å². The van der Waals surface area contributed by atoms with Crippen LogP contribution < -0.4 is 5.32 Å². The van der Waals surface area contributed by atoms with Crippen LogP contribution in [0.1, 0.15) is 12.6 Å². The normalized spacial score (nSPS) is 10.8. The molecule has 1 N–H and O–H groups in total. The quantitative estimate of drug-likeness (QED) is 0.664. The Labute approximate surface area is 114 Å². The number of aromatic nitrogens is 3. The number of nitro groups is 1. The number of hydrogen-bond acceptors (Lipinski definition) is 5. The molecule has 0 saturated carbocycles. The highest BCUT2D eigenvalue weighted by Crippen LogP contribution is 2.29. The summed E-state index contributed by atoms with van der Waals surface area (Å²) in [4.78, 5) is 11.3. The second-order valence-electron chi connectivity index (χ2n) is 4.16. The van der Waals surface area contributed by atoms with Crippen molar-refractivity contribution in [2.45, 2.75) is 13.5 Å². The number of hydrogen-bond donors (Lipinski definition) is 1. The number of nitro benzene ring substituents is 1. The molecule has 8 heteroatoms. The van der Waals surface area contributed by atoms with E-state index in [1.54, 1.807) is 7.05 Å². The van der Waals surface area contributed by atoms with Crippen molar-refractivity contribution in [1.29, 1.82) is 0 Å². The van der Waals surface area contributed by atoms with Gasteiger partial charge in [-0.25, -0.2) is 0 Å². The van der Waals surface area contributed by atoms with Gasteiger partial charge in [0.1, 0.15) is 11.4 Å². The number of aryl methyl sites for hydroxylation is 1. The first-order valence-electron chi connectivity index (χ1n) is 6.08. The monoisotopic (exact) mass is 279 g/mol. The second kappa shape index (κ2) is 5.74. The highest BCUT2D eigenvalue weighted by Gasteiger charge is 2.22. The number of nitrogens with zero attached hydrogens (tertiary/aromatic N) is 4. The second-order valence-corrected chi connectivity index (χ2v) is 4.16. The Morgan fingerprint density at radius 2 is 2.20 bits per heavy atom. The molecular formula is C12H14FN5O2. The molecule has 2 rings (SSSR count). The van der Waals surface area contributed by atoms with Crippen molar-refractivity contribution >= 4 is 5.69 Å². The molecule has 0 bridgehead atoms. The lowest BCUT2D eigenvalue weighted by Crippen LogP contribution is -2.13. The Hall–Kier alpha value is -2.35. The van der Waals surface area contributed by atoms with Crippen molar-refractivity contribution in [2.75, 3.05) is 6.54 Å². The first-order chi connectivity index (χ1) is 9.54. The fraction of sp³-hybridized carbons (Fsp3) is 0.333. The molecule has 0 aliphatic carbocycles. The summed E-state index contributed by atoms with van der Waals surface area (Å²) < 4.78 is 14.2. The van der Waals surface area contributed by atoms with E-state index in [9.17, 15) is 14.5 Å². The lowest BCUT2D eigenvalue weighted by molar-refractivity contribution is -0.387. The summed E-state index contributed by atoms with van der Waals surface area (Å²) in [5.74, 6) is -0.893. The van der Waals surface area contributed by atoms with E-state index in [0.717, 1.165) is 12.6 Å². The average Bonchev–Trinajstić information content (AvgIpc) is 2.77. The van der Waals surface area contributed by atoms with Gasteiger partial charge < -0.3 is 5.32 Å². The van der Waals surface area contributed by atoms with Gasteiger partial charge in [0.25, 0.3) is 0 Å². The van der Waals surface area contributed by atoms with Crippen molar-refractivity contribution in [3.8, 4) is 11.3 Å². The van der Waals surface area contributed by atoms with E-state index >= 15 is 0 Å². The van der Waals surface area contributed by atoms with Gasteiger partial charge in [-0.2, -0.15) is 19.4 Å². The van der Waals surface area contributed by atoms with Gasteiger partial charge in [0.2, 0.25) is 5.82 Å². The highest BCUT2D eigenvalue weighted by atomic mass is 19.1. The average molecular weight is 279 g/mol. The minimum Gasteiger partial charge on any atom is -0.311 e. The van der Waals surface area contributed by atoms with Crippen LogP contribution in [0, 0.1) is 15.9 Å². The molecule has 0 aliphatic heterocycles. The van der Waals surface area contributed by atoms with E-state index in [4.69, 9.17) is 0 Å². The van der Waals surface area contributed by atoms with Crippen molar-refractivity contribution in [3.05, 3.63) is 39.8 Å². The third-order valence-corrected chi connectivity index (χ3v) is 2.76. The van der Waals surface area contributed by atoms with Gasteiger partial charge in [-0.1, -0.05) is 13.0 Å². The van der Waals surface area contributed by atoms with Crippen molar-refractivity contribution in [3.63, 3.8) is 0 Å². The zero-order chi connectivity index (χ0) is 14.7. The Balaban J connectivity index is 2.51. The van der Waals surface area contributed by atoms with Crippen LogP contribution in [0.2, 0.25) is 0 Å². The van der Waals surface area contributed by atoms with Crippen LogP contribution in [0.3, 0.4) is 0 Å². The molecule has 0 fully saturated rings. The third-order valence-electron chi connectivity index (χ3n) is 2.76. The molecule has 106 valence electrons. The van der Waals surface area contributed by atoms with Gasteiger partial charge in [-0.15, -0.1) is 0 Å². The van der Waals surface area contributed by atoms with Gasteiger partial charge in [-0.3, -0.25) is 10.1 Å². The third kappa shape index (κ3) is 2.64. The zero-order valence-electron chi connectivity index (χ0n) is 11.1. The first kappa shape index (κ1) is 14.1. The topological polar surface area (TPSA) is 85.9 Å². The minimum atomic E-state index is -0.893. The van der Waals surface area contributed by atoms with Gasteiger partial charge in [0.05, 0.1) is 4.92 Å². The first-order valence-corrected chi connectivity index (χ1v) is 6.08. The maximum Gasteiger partial charge on any atom is 0.305 e. The zero-order valence-corrected chi connectivity index (χ0v) is 11.1. The largest absolute Gasteiger partial charge is 0.311 e. The summed E-state index contributed by atoms with van der Waals surface area (Å²) in [7, 11) is 1.62. The SMILES string of the molecule is CCNCc1nn(C)nc1-c1cccc([N+](=O)[O-])c1F. The lowest BCUT2D eigenvalue weighted by atomic mass is 10.1. The molecule has 1 aromatic heterocycles. The number of nitrogens with one attached hydrogen (secondary N) is 1. The molecule has 7 nitrogen and oxygen atoms in total. The van der Waals surface area contributed by atoms with Crippen LogP contribution in [-0.4, -0.2) is 26.5 Å². The van der Waals surface area contributed by atoms with Gasteiger partial charge in [0.15, 0.2) is 0 Å². The molecule has 0 atom stereocenters. The molecule has 1 heterocycles. The Bertz CT molecular complexity index is 641. The molecular weight excluding hydrogens is 265 g/mol. The van der Waals surface area contributed by atoms with Gasteiger partial charge >= 0.3 is 5.69 Å². The molecule has 0 spiro atoms. The fourth-order valence-electron chi connectivity index (χ4n) is 1.86. The molecule has 1 aromatic carbocycles. The Morgan fingerprint density at radius 3 is 2.85 bits per heavy atom. The maximum atomic E-state index is 14.2. The standard InChI is InChI=1S/C12H14FN5O2/c1-3-14-7-9-12(16-17(2)15-9)8-5-4-6-10(11(8)13)18(19)20/h4-6,14H,3,7H2,1-2H3. The van der Waals surface area contributed by atoms with Crippen molar-refractivity contribution in [2.24, 2.45) is 7.05 Å². The fourth-order valence-corrected chi connectivity index (χ4v) is 1.86. The summed E-state index contributed by atoms with van der Waals surface area (Å²) in [6.45, 7) is 3.08. The van der Waals surface area contributed by atoms with E-state index in [-0.39, 0.29) is 5.56 Å². The van der Waals surface area contributed by atoms with E-state index in [0.29, 0.717) is 17.9 Å². The van der Waals surface area contributed by atoms with Gasteiger partial charge in [0, 0.05) is 25.2 Å². The van der Waals surface area contributed by atoms with Crippen LogP contribution >= 0.6 is 0 Å². The smallest absolute Gasteiger partial charge is 0.305 e. The van der Waals surface area contributed by atoms with E-state index in [1.165, 1.54) is 16.9 Å². The summed E-state index contributed by atoms with van der Waals surface area (Å²) >= 11 is 0. The van der Waals surface area contributed by atoms with Crippen LogP contribution in [-0.2, 0) is 13.6 Å². The molecule has 20 heavy (non-hydrogen) atoms. The summed E-state index contributed by atoms with van der Waals surface area (Å²) in [5.41, 5.74) is 0.381. The van der Waals surface area contributed by atoms with Crippen LogP contribution in [0.15, 0.2) is 18.2 Å². The molecule has 2 aromatic rings. The molecule has 0 aliphatic rings. The van der Waals surface area contributed by atoms with Crippen molar-refractivity contribution in [1.82, 2.24) is 20.3 Å². The summed E-state index contributed by atoms with van der Waals surface area (Å²) in [6.07, 6.45) is 0. The Morgan fingerprint density at radius 1 is 1.45 bits per heavy atom. The van der Waals surface area contributed by atoms with Crippen LogP contribution in [0.5, 0.6) is 0 Å². The predicted molar refractivity (Wildman–Crippen MR) is 70.4 cm³/mol. The van der Waals surface area contributed by atoms with E-state index < -0.39 is 16.4 Å². The number of rotatable bonds is 5. The molecule has 0 radical (unpaired) electrons. The number of halogens is 1. The number of benzene rings is 1. The van der Waals surface area contributed by atoms with Crippen LogP contribution in [0.25, 0.3) is 11.3 Å². The molecule has 0 unspecified atom stereocenters. The highest BCUT2D eigenvalue weighted by molar-refractivity contribution is 5.65. The molecule has 0 saturated heterocycles. The Kier molecular flexibility index (Phi) is 4.04. The summed E-state index contributed by atoms with van der Waals surface area (Å²) in [5, 5.41) is 22.1. The minimum absolute atomic E-state index is 0.0835. The molecule has 0 amide bonds.